The highest BCUT2D eigenvalue weighted by Gasteiger charge is 2.27. The first-order valence-electron chi connectivity index (χ1n) is 9.46. The Bertz CT molecular complexity index is 685. The van der Waals surface area contributed by atoms with Crippen molar-refractivity contribution < 1.29 is 23.8 Å². The normalized spacial score (nSPS) is 19.6. The molecule has 0 unspecified atom stereocenters. The van der Waals surface area contributed by atoms with Gasteiger partial charge in [-0.25, -0.2) is 14.6 Å². The molecule has 0 atom stereocenters. The summed E-state index contributed by atoms with van der Waals surface area (Å²) in [4.78, 5) is 32.5. The Balaban J connectivity index is 1.95. The summed E-state index contributed by atoms with van der Waals surface area (Å²) < 4.78 is 16.4. The van der Waals surface area contributed by atoms with Crippen LogP contribution in [0.25, 0.3) is 0 Å². The molecule has 0 saturated heterocycles. The van der Waals surface area contributed by atoms with E-state index in [0.717, 1.165) is 25.7 Å². The zero-order valence-corrected chi connectivity index (χ0v) is 17.9. The molecule has 1 N–H and O–H groups in total. The van der Waals surface area contributed by atoms with Gasteiger partial charge in [0, 0.05) is 12.2 Å². The van der Waals surface area contributed by atoms with Gasteiger partial charge in [0.25, 0.3) is 0 Å². The van der Waals surface area contributed by atoms with Crippen molar-refractivity contribution >= 4 is 23.8 Å². The van der Waals surface area contributed by atoms with Crippen LogP contribution in [0.2, 0.25) is 0 Å². The second kappa shape index (κ2) is 9.95. The van der Waals surface area contributed by atoms with Crippen LogP contribution < -0.4 is 10.1 Å². The molecule has 0 aromatic carbocycles. The monoisotopic (exact) mass is 411 g/mol. The maximum atomic E-state index is 12.1. The first kappa shape index (κ1) is 22.3. The highest BCUT2D eigenvalue weighted by atomic mass is 32.2. The number of aromatic nitrogens is 2. The van der Waals surface area contributed by atoms with Crippen LogP contribution in [-0.2, 0) is 9.47 Å². The number of thioether (sulfide) groups is 1. The number of nitrogens with one attached hydrogen (secondary N) is 1. The van der Waals surface area contributed by atoms with Gasteiger partial charge in [0.05, 0.1) is 6.61 Å². The Labute approximate surface area is 170 Å². The fourth-order valence-electron chi connectivity index (χ4n) is 2.85. The quantitative estimate of drug-likeness (QED) is 0.431. The third-order valence-electron chi connectivity index (χ3n) is 4.08. The van der Waals surface area contributed by atoms with E-state index in [1.807, 2.05) is 27.0 Å². The largest absolute Gasteiger partial charge is 0.474 e. The fraction of sp³-hybridized carbons (Fsp3) is 0.684. The van der Waals surface area contributed by atoms with E-state index < -0.39 is 17.7 Å². The fourth-order valence-corrected chi connectivity index (χ4v) is 3.18. The number of esters is 1. The molecule has 0 aliphatic heterocycles. The molecule has 1 aliphatic carbocycles. The lowest BCUT2D eigenvalue weighted by molar-refractivity contribution is 0.0455. The van der Waals surface area contributed by atoms with Gasteiger partial charge in [-0.2, -0.15) is 4.98 Å². The summed E-state index contributed by atoms with van der Waals surface area (Å²) in [6, 6.07) is 0.0476. The van der Waals surface area contributed by atoms with Gasteiger partial charge in [-0.05, 0) is 59.6 Å². The molecular weight excluding hydrogens is 382 g/mol. The van der Waals surface area contributed by atoms with Crippen molar-refractivity contribution in [2.75, 3.05) is 12.9 Å². The number of nitrogens with zero attached hydrogens (tertiary/aromatic N) is 2. The molecule has 0 bridgehead atoms. The molecule has 1 fully saturated rings. The molecule has 1 aromatic heterocycles. The minimum atomic E-state index is -0.518. The number of carbonyl (C=O) groups excluding carboxylic acids is 2. The van der Waals surface area contributed by atoms with Gasteiger partial charge in [-0.1, -0.05) is 11.8 Å². The molecule has 0 spiro atoms. The lowest BCUT2D eigenvalue weighted by Crippen LogP contribution is -2.42. The van der Waals surface area contributed by atoms with Crippen LogP contribution in [0, 0.1) is 0 Å². The van der Waals surface area contributed by atoms with Gasteiger partial charge in [0.1, 0.15) is 17.3 Å². The number of hydrogen-bond acceptors (Lipinski definition) is 8. The van der Waals surface area contributed by atoms with Gasteiger partial charge in [-0.3, -0.25) is 0 Å². The first-order chi connectivity index (χ1) is 13.2. The third-order valence-corrected chi connectivity index (χ3v) is 4.64. The summed E-state index contributed by atoms with van der Waals surface area (Å²) in [5.74, 6) is -0.244. The predicted octanol–water partition coefficient (Wildman–Crippen LogP) is 3.59. The molecular formula is C19H29N3O5S. The second-order valence-electron chi connectivity index (χ2n) is 7.53. The van der Waals surface area contributed by atoms with Crippen molar-refractivity contribution in [2.45, 2.75) is 76.3 Å². The van der Waals surface area contributed by atoms with Crippen molar-refractivity contribution in [1.29, 1.82) is 0 Å². The number of carbonyl (C=O) groups is 2. The van der Waals surface area contributed by atoms with Crippen molar-refractivity contribution in [3.63, 3.8) is 0 Å². The molecule has 1 aromatic rings. The van der Waals surface area contributed by atoms with Crippen molar-refractivity contribution in [1.82, 2.24) is 15.3 Å². The average molecular weight is 412 g/mol. The molecule has 2 rings (SSSR count). The summed E-state index contributed by atoms with van der Waals surface area (Å²) in [6.45, 7) is 7.52. The molecule has 8 nitrogen and oxygen atoms in total. The second-order valence-corrected chi connectivity index (χ2v) is 8.31. The molecule has 1 amide bonds. The molecule has 1 aliphatic rings. The van der Waals surface area contributed by atoms with Gasteiger partial charge >= 0.3 is 12.1 Å². The minimum Gasteiger partial charge on any atom is -0.474 e. The Hall–Kier alpha value is -2.03. The van der Waals surface area contributed by atoms with Gasteiger partial charge in [0.15, 0.2) is 5.16 Å². The lowest BCUT2D eigenvalue weighted by atomic mass is 9.93. The van der Waals surface area contributed by atoms with Crippen LogP contribution in [0.3, 0.4) is 0 Å². The average Bonchev–Trinajstić information content (AvgIpc) is 2.62. The Morgan fingerprint density at radius 1 is 1.25 bits per heavy atom. The van der Waals surface area contributed by atoms with E-state index in [4.69, 9.17) is 14.2 Å². The number of amides is 1. The smallest absolute Gasteiger partial charge is 0.407 e. The number of rotatable bonds is 6. The van der Waals surface area contributed by atoms with Crippen LogP contribution >= 0.6 is 11.8 Å². The number of ether oxygens (including phenoxy) is 3. The number of hydrogen-bond donors (Lipinski definition) is 1. The molecule has 1 saturated carbocycles. The Morgan fingerprint density at radius 3 is 2.50 bits per heavy atom. The van der Waals surface area contributed by atoms with Gasteiger partial charge in [0.2, 0.25) is 5.88 Å². The molecule has 28 heavy (non-hydrogen) atoms. The maximum absolute atomic E-state index is 12.1. The van der Waals surface area contributed by atoms with Crippen LogP contribution in [0.15, 0.2) is 11.4 Å². The predicted molar refractivity (Wildman–Crippen MR) is 106 cm³/mol. The van der Waals surface area contributed by atoms with E-state index in [9.17, 15) is 9.59 Å². The number of alkyl carbamates (subject to hydrolysis) is 1. The van der Waals surface area contributed by atoms with Crippen molar-refractivity contribution in [3.8, 4) is 5.88 Å². The van der Waals surface area contributed by atoms with E-state index in [2.05, 4.69) is 15.3 Å². The van der Waals surface area contributed by atoms with E-state index >= 15 is 0 Å². The Morgan fingerprint density at radius 2 is 1.93 bits per heavy atom. The maximum Gasteiger partial charge on any atom is 0.407 e. The topological polar surface area (TPSA) is 99.6 Å². The highest BCUT2D eigenvalue weighted by Crippen LogP contribution is 2.27. The molecule has 1 heterocycles. The molecule has 0 radical (unpaired) electrons. The van der Waals surface area contributed by atoms with E-state index in [1.54, 1.807) is 6.92 Å². The van der Waals surface area contributed by atoms with Crippen LogP contribution in [0.5, 0.6) is 5.88 Å². The van der Waals surface area contributed by atoms with E-state index in [1.165, 1.54) is 18.0 Å². The Kier molecular flexibility index (Phi) is 7.91. The summed E-state index contributed by atoms with van der Waals surface area (Å²) in [6.07, 6.45) is 5.82. The van der Waals surface area contributed by atoms with E-state index in [0.29, 0.717) is 5.16 Å². The summed E-state index contributed by atoms with van der Waals surface area (Å²) in [5, 5.41) is 3.44. The first-order valence-corrected chi connectivity index (χ1v) is 10.7. The van der Waals surface area contributed by atoms with Crippen LogP contribution in [0.1, 0.15) is 63.7 Å². The summed E-state index contributed by atoms with van der Waals surface area (Å²) in [5.41, 5.74) is -0.288. The van der Waals surface area contributed by atoms with E-state index in [-0.39, 0.29) is 30.2 Å². The lowest BCUT2D eigenvalue weighted by Gasteiger charge is -2.30. The van der Waals surface area contributed by atoms with Gasteiger partial charge in [-0.15, -0.1) is 0 Å². The molecule has 9 heteroatoms. The van der Waals surface area contributed by atoms with Gasteiger partial charge < -0.3 is 19.5 Å². The summed E-state index contributed by atoms with van der Waals surface area (Å²) >= 11 is 1.37. The van der Waals surface area contributed by atoms with Crippen molar-refractivity contribution in [2.24, 2.45) is 0 Å². The third kappa shape index (κ3) is 6.85. The molecule has 156 valence electrons. The zero-order valence-electron chi connectivity index (χ0n) is 17.1. The summed E-state index contributed by atoms with van der Waals surface area (Å²) in [7, 11) is 0. The van der Waals surface area contributed by atoms with Crippen LogP contribution in [0.4, 0.5) is 4.79 Å². The van der Waals surface area contributed by atoms with Crippen LogP contribution in [-0.4, -0.2) is 52.6 Å². The highest BCUT2D eigenvalue weighted by molar-refractivity contribution is 7.98. The zero-order chi connectivity index (χ0) is 20.7. The SMILES string of the molecule is CCOC(=O)c1cnc(SC)nc1O[C@H]1CC[C@H](NC(=O)OC(C)(C)C)CC1. The van der Waals surface area contributed by atoms with Crippen molar-refractivity contribution in [3.05, 3.63) is 11.8 Å². The standard InChI is InChI=1S/C19H29N3O5S/c1-6-25-16(23)14-11-20-17(28-5)22-15(14)26-13-9-7-12(8-10-13)21-18(24)27-19(2,3)4/h11-13H,6-10H2,1-5H3,(H,21,24)/t12-,13-. The minimum absolute atomic E-state index is 0.0476.